The zero-order valence-corrected chi connectivity index (χ0v) is 17.4. The van der Waals surface area contributed by atoms with Crippen molar-refractivity contribution in [2.45, 2.75) is 0 Å². The molecule has 0 aliphatic rings. The number of ether oxygens (including phenoxy) is 2. The molecule has 0 spiro atoms. The standard InChI is InChI=1S/C18H15Br3O3/c19-14-3-1-2-11-8-12-9-13(24-7-6-23-5-4-22)10-15(20)17(12)18(21)16(11)14/h1-3,8-10,22H,4-7H2. The first-order chi connectivity index (χ1) is 11.6. The molecular formula is C18H15Br3O3. The third-order valence-electron chi connectivity index (χ3n) is 3.62. The third-order valence-corrected chi connectivity index (χ3v) is 5.70. The molecular weight excluding hydrogens is 504 g/mol. The summed E-state index contributed by atoms with van der Waals surface area (Å²) in [6, 6.07) is 12.3. The molecule has 3 aromatic carbocycles. The summed E-state index contributed by atoms with van der Waals surface area (Å²) < 4.78 is 14.0. The van der Waals surface area contributed by atoms with E-state index in [4.69, 9.17) is 14.6 Å². The highest BCUT2D eigenvalue weighted by Gasteiger charge is 2.12. The Morgan fingerprint density at radius 1 is 0.833 bits per heavy atom. The van der Waals surface area contributed by atoms with Gasteiger partial charge in [-0.15, -0.1) is 0 Å². The molecule has 1 N–H and O–H groups in total. The molecule has 3 aromatic rings. The maximum atomic E-state index is 8.69. The molecule has 0 atom stereocenters. The molecule has 0 saturated heterocycles. The van der Waals surface area contributed by atoms with Crippen molar-refractivity contribution in [1.82, 2.24) is 0 Å². The Bertz CT molecular complexity index is 880. The van der Waals surface area contributed by atoms with Gasteiger partial charge in [0.05, 0.1) is 19.8 Å². The van der Waals surface area contributed by atoms with E-state index in [1.54, 1.807) is 0 Å². The van der Waals surface area contributed by atoms with Crippen molar-refractivity contribution in [2.24, 2.45) is 0 Å². The van der Waals surface area contributed by atoms with Crippen LogP contribution in [0.25, 0.3) is 21.5 Å². The van der Waals surface area contributed by atoms with Gasteiger partial charge in [0.2, 0.25) is 0 Å². The summed E-state index contributed by atoms with van der Waals surface area (Å²) >= 11 is 11.0. The summed E-state index contributed by atoms with van der Waals surface area (Å²) in [6.45, 7) is 1.25. The van der Waals surface area contributed by atoms with Gasteiger partial charge in [-0.3, -0.25) is 0 Å². The van der Waals surface area contributed by atoms with Crippen LogP contribution in [0.3, 0.4) is 0 Å². The summed E-state index contributed by atoms with van der Waals surface area (Å²) in [5.74, 6) is 0.781. The number of aliphatic hydroxyl groups is 1. The van der Waals surface area contributed by atoms with Crippen LogP contribution in [0.4, 0.5) is 0 Å². The van der Waals surface area contributed by atoms with Crippen LogP contribution in [0.15, 0.2) is 49.8 Å². The Morgan fingerprint density at radius 3 is 2.42 bits per heavy atom. The lowest BCUT2D eigenvalue weighted by molar-refractivity contribution is 0.0705. The van der Waals surface area contributed by atoms with Crippen molar-refractivity contribution in [1.29, 1.82) is 0 Å². The first kappa shape index (κ1) is 18.1. The number of aliphatic hydroxyl groups excluding tert-OH is 1. The summed E-state index contributed by atoms with van der Waals surface area (Å²) in [6.07, 6.45) is 0. The molecule has 0 heterocycles. The lowest BCUT2D eigenvalue weighted by Gasteiger charge is -2.13. The van der Waals surface area contributed by atoms with Crippen LogP contribution in [-0.2, 0) is 4.74 Å². The number of hydrogen-bond acceptors (Lipinski definition) is 3. The molecule has 126 valence electrons. The van der Waals surface area contributed by atoms with Crippen molar-refractivity contribution in [3.8, 4) is 5.75 Å². The molecule has 3 nitrogen and oxygen atoms in total. The van der Waals surface area contributed by atoms with Crippen LogP contribution in [0.5, 0.6) is 5.75 Å². The van der Waals surface area contributed by atoms with E-state index in [9.17, 15) is 0 Å². The van der Waals surface area contributed by atoms with Crippen LogP contribution in [-0.4, -0.2) is 31.5 Å². The molecule has 6 heteroatoms. The highest BCUT2D eigenvalue weighted by molar-refractivity contribution is 9.11. The Morgan fingerprint density at radius 2 is 1.62 bits per heavy atom. The molecule has 24 heavy (non-hydrogen) atoms. The molecule has 0 saturated carbocycles. The summed E-state index contributed by atoms with van der Waals surface area (Å²) in [7, 11) is 0. The third kappa shape index (κ3) is 3.78. The van der Waals surface area contributed by atoms with Crippen LogP contribution < -0.4 is 4.74 Å². The first-order valence-electron chi connectivity index (χ1n) is 7.43. The topological polar surface area (TPSA) is 38.7 Å². The smallest absolute Gasteiger partial charge is 0.121 e. The summed E-state index contributed by atoms with van der Waals surface area (Å²) in [5, 5.41) is 13.2. The van der Waals surface area contributed by atoms with E-state index in [1.165, 1.54) is 0 Å². The van der Waals surface area contributed by atoms with Crippen molar-refractivity contribution in [3.63, 3.8) is 0 Å². The average Bonchev–Trinajstić information content (AvgIpc) is 2.54. The van der Waals surface area contributed by atoms with Gasteiger partial charge >= 0.3 is 0 Å². The molecule has 3 rings (SSSR count). The normalized spacial score (nSPS) is 11.3. The van der Waals surface area contributed by atoms with Gasteiger partial charge in [0, 0.05) is 24.2 Å². The highest BCUT2D eigenvalue weighted by Crippen LogP contribution is 2.41. The van der Waals surface area contributed by atoms with Gasteiger partial charge in [-0.1, -0.05) is 28.1 Å². The predicted molar refractivity (Wildman–Crippen MR) is 108 cm³/mol. The van der Waals surface area contributed by atoms with Gasteiger partial charge in [-0.05, 0) is 66.9 Å². The Labute approximate surface area is 165 Å². The predicted octanol–water partition coefficient (Wildman–Crippen LogP) is 5.67. The number of benzene rings is 3. The van der Waals surface area contributed by atoms with E-state index < -0.39 is 0 Å². The van der Waals surface area contributed by atoms with E-state index >= 15 is 0 Å². The molecule has 0 aliphatic carbocycles. The molecule has 0 bridgehead atoms. The van der Waals surface area contributed by atoms with E-state index in [0.29, 0.717) is 19.8 Å². The molecule has 0 fully saturated rings. The Kier molecular flexibility index (Phi) is 6.16. The zero-order chi connectivity index (χ0) is 17.1. The molecule has 0 amide bonds. The van der Waals surface area contributed by atoms with Crippen LogP contribution in [0.2, 0.25) is 0 Å². The minimum absolute atomic E-state index is 0.0260. The Hall–Kier alpha value is -0.660. The number of fused-ring (bicyclic) bond motifs is 2. The van der Waals surface area contributed by atoms with E-state index in [2.05, 4.69) is 59.9 Å². The fourth-order valence-corrected chi connectivity index (χ4v) is 5.25. The second kappa shape index (κ2) is 8.15. The van der Waals surface area contributed by atoms with Crippen LogP contribution in [0.1, 0.15) is 0 Å². The largest absolute Gasteiger partial charge is 0.491 e. The van der Waals surface area contributed by atoms with E-state index in [1.807, 2.05) is 24.3 Å². The molecule has 0 unspecified atom stereocenters. The van der Waals surface area contributed by atoms with Crippen LogP contribution >= 0.6 is 47.8 Å². The fraction of sp³-hybridized carbons (Fsp3) is 0.222. The second-order valence-corrected chi connectivity index (χ2v) is 7.72. The van der Waals surface area contributed by atoms with E-state index in [0.717, 1.165) is 40.7 Å². The lowest BCUT2D eigenvalue weighted by atomic mass is 10.0. The highest BCUT2D eigenvalue weighted by atomic mass is 79.9. The summed E-state index contributed by atoms with van der Waals surface area (Å²) in [4.78, 5) is 0. The summed E-state index contributed by atoms with van der Waals surface area (Å²) in [5.41, 5.74) is 0. The maximum absolute atomic E-state index is 8.69. The monoisotopic (exact) mass is 516 g/mol. The number of halogens is 3. The number of rotatable bonds is 6. The van der Waals surface area contributed by atoms with Crippen LogP contribution in [0, 0.1) is 0 Å². The van der Waals surface area contributed by atoms with Crippen molar-refractivity contribution < 1.29 is 14.6 Å². The van der Waals surface area contributed by atoms with Gasteiger partial charge in [-0.25, -0.2) is 0 Å². The van der Waals surface area contributed by atoms with Gasteiger partial charge in [-0.2, -0.15) is 0 Å². The molecule has 0 radical (unpaired) electrons. The van der Waals surface area contributed by atoms with Gasteiger partial charge in [0.25, 0.3) is 0 Å². The number of hydrogen-bond donors (Lipinski definition) is 1. The van der Waals surface area contributed by atoms with Crippen molar-refractivity contribution in [2.75, 3.05) is 26.4 Å². The van der Waals surface area contributed by atoms with Crippen molar-refractivity contribution >= 4 is 69.3 Å². The van der Waals surface area contributed by atoms with E-state index in [-0.39, 0.29) is 6.61 Å². The fourth-order valence-electron chi connectivity index (χ4n) is 2.60. The first-order valence-corrected chi connectivity index (χ1v) is 9.81. The van der Waals surface area contributed by atoms with Gasteiger partial charge < -0.3 is 14.6 Å². The molecule has 0 aromatic heterocycles. The van der Waals surface area contributed by atoms with Gasteiger partial charge in [0.1, 0.15) is 12.4 Å². The quantitative estimate of drug-likeness (QED) is 0.337. The Balaban J connectivity index is 1.97. The van der Waals surface area contributed by atoms with Crippen molar-refractivity contribution in [3.05, 3.63) is 49.8 Å². The minimum Gasteiger partial charge on any atom is -0.491 e. The second-order valence-electron chi connectivity index (χ2n) is 5.22. The molecule has 0 aliphatic heterocycles. The maximum Gasteiger partial charge on any atom is 0.121 e. The SMILES string of the molecule is OCCOCCOc1cc(Br)c2c(Br)c3c(Br)cccc3cc2c1. The van der Waals surface area contributed by atoms with Gasteiger partial charge in [0.15, 0.2) is 0 Å². The zero-order valence-electron chi connectivity index (χ0n) is 12.7. The lowest BCUT2D eigenvalue weighted by Crippen LogP contribution is -2.09. The average molecular weight is 519 g/mol. The minimum atomic E-state index is 0.0260.